The third kappa shape index (κ3) is 5.06. The highest BCUT2D eigenvalue weighted by Crippen LogP contribution is 1.92. The first-order valence-corrected chi connectivity index (χ1v) is 3.79. The lowest BCUT2D eigenvalue weighted by molar-refractivity contribution is -0.137. The van der Waals surface area contributed by atoms with Gasteiger partial charge in [-0.25, -0.2) is 0 Å². The van der Waals surface area contributed by atoms with Crippen molar-refractivity contribution in [1.82, 2.24) is 5.32 Å². The second-order valence-corrected chi connectivity index (χ2v) is 2.73. The number of aliphatic carboxylic acids is 1. The van der Waals surface area contributed by atoms with Crippen molar-refractivity contribution in [1.29, 1.82) is 0 Å². The Balaban J connectivity index is 3.65. The van der Waals surface area contributed by atoms with Crippen LogP contribution in [0.4, 0.5) is 0 Å². The molecule has 0 fully saturated rings. The summed E-state index contributed by atoms with van der Waals surface area (Å²) in [6.45, 7) is 1.30. The summed E-state index contributed by atoms with van der Waals surface area (Å²) >= 11 is 0. The van der Waals surface area contributed by atoms with E-state index in [-0.39, 0.29) is 25.7 Å². The molecule has 0 aromatic heterocycles. The lowest BCUT2D eigenvalue weighted by Gasteiger charge is -2.18. The van der Waals surface area contributed by atoms with Crippen LogP contribution in [0.3, 0.4) is 0 Å². The predicted molar refractivity (Wildman–Crippen MR) is 42.8 cm³/mol. The highest BCUT2D eigenvalue weighted by atomic mass is 16.4. The van der Waals surface area contributed by atoms with Crippen molar-refractivity contribution in [2.45, 2.75) is 25.4 Å². The van der Waals surface area contributed by atoms with Crippen LogP contribution in [0.25, 0.3) is 0 Å². The van der Waals surface area contributed by atoms with Crippen LogP contribution >= 0.6 is 0 Å². The normalized spacial score (nSPS) is 13.3. The minimum absolute atomic E-state index is 0.0174. The molecule has 12 heavy (non-hydrogen) atoms. The molecule has 0 aliphatic heterocycles. The Bertz CT molecular complexity index is 135. The summed E-state index contributed by atoms with van der Waals surface area (Å²) < 4.78 is 0. The highest BCUT2D eigenvalue weighted by molar-refractivity contribution is 5.67. The van der Waals surface area contributed by atoms with E-state index in [1.165, 1.54) is 0 Å². The van der Waals surface area contributed by atoms with E-state index in [0.29, 0.717) is 0 Å². The van der Waals surface area contributed by atoms with Crippen LogP contribution in [0.1, 0.15) is 13.3 Å². The van der Waals surface area contributed by atoms with E-state index >= 15 is 0 Å². The molecule has 0 aliphatic carbocycles. The summed E-state index contributed by atoms with van der Waals surface area (Å²) in [6.07, 6.45) is -0.0174. The molecule has 0 heterocycles. The SMILES string of the molecule is CC(CC(=O)O)NC(CO)CO. The van der Waals surface area contributed by atoms with Crippen molar-refractivity contribution in [3.05, 3.63) is 0 Å². The van der Waals surface area contributed by atoms with E-state index in [9.17, 15) is 4.79 Å². The third-order valence-corrected chi connectivity index (χ3v) is 1.44. The van der Waals surface area contributed by atoms with E-state index in [2.05, 4.69) is 5.32 Å². The Morgan fingerprint density at radius 3 is 2.25 bits per heavy atom. The van der Waals surface area contributed by atoms with Crippen LogP contribution in [0.2, 0.25) is 0 Å². The largest absolute Gasteiger partial charge is 0.481 e. The second-order valence-electron chi connectivity index (χ2n) is 2.73. The summed E-state index contributed by atoms with van der Waals surface area (Å²) in [5.41, 5.74) is 0. The van der Waals surface area contributed by atoms with Gasteiger partial charge in [0, 0.05) is 6.04 Å². The third-order valence-electron chi connectivity index (χ3n) is 1.44. The van der Waals surface area contributed by atoms with Crippen molar-refractivity contribution in [2.75, 3.05) is 13.2 Å². The van der Waals surface area contributed by atoms with E-state index in [1.807, 2.05) is 0 Å². The molecular formula is C7H15NO4. The molecule has 0 radical (unpaired) electrons. The van der Waals surface area contributed by atoms with E-state index in [1.54, 1.807) is 6.92 Å². The molecule has 5 nitrogen and oxygen atoms in total. The van der Waals surface area contributed by atoms with Crippen molar-refractivity contribution < 1.29 is 20.1 Å². The number of aliphatic hydroxyl groups is 2. The number of hydrogen-bond acceptors (Lipinski definition) is 4. The average Bonchev–Trinajstić information content (AvgIpc) is 1.98. The topological polar surface area (TPSA) is 89.8 Å². The van der Waals surface area contributed by atoms with Crippen LogP contribution in [0, 0.1) is 0 Å². The van der Waals surface area contributed by atoms with Crippen molar-refractivity contribution >= 4 is 5.97 Å². The monoisotopic (exact) mass is 177 g/mol. The van der Waals surface area contributed by atoms with Gasteiger partial charge in [0.15, 0.2) is 0 Å². The quantitative estimate of drug-likeness (QED) is 0.409. The Hall–Kier alpha value is -0.650. The second kappa shape index (κ2) is 5.93. The first kappa shape index (κ1) is 11.4. The fraction of sp³-hybridized carbons (Fsp3) is 0.857. The zero-order chi connectivity index (χ0) is 9.56. The predicted octanol–water partition coefficient (Wildman–Crippen LogP) is -1.21. The van der Waals surface area contributed by atoms with E-state index in [4.69, 9.17) is 15.3 Å². The number of hydrogen-bond donors (Lipinski definition) is 4. The van der Waals surface area contributed by atoms with Crippen LogP contribution in [-0.4, -0.2) is 46.6 Å². The highest BCUT2D eigenvalue weighted by Gasteiger charge is 2.12. The number of rotatable bonds is 6. The van der Waals surface area contributed by atoms with Gasteiger partial charge in [0.25, 0.3) is 0 Å². The van der Waals surface area contributed by atoms with Gasteiger partial charge in [-0.2, -0.15) is 0 Å². The van der Waals surface area contributed by atoms with E-state index < -0.39 is 12.0 Å². The Kier molecular flexibility index (Phi) is 5.61. The van der Waals surface area contributed by atoms with Crippen molar-refractivity contribution in [3.8, 4) is 0 Å². The smallest absolute Gasteiger partial charge is 0.304 e. The zero-order valence-corrected chi connectivity index (χ0v) is 7.03. The van der Waals surface area contributed by atoms with Gasteiger partial charge in [-0.3, -0.25) is 4.79 Å². The molecule has 0 aromatic carbocycles. The van der Waals surface area contributed by atoms with Gasteiger partial charge >= 0.3 is 5.97 Å². The molecular weight excluding hydrogens is 162 g/mol. The maximum atomic E-state index is 10.2. The number of carboxylic acid groups (broad SMARTS) is 1. The Morgan fingerprint density at radius 1 is 1.42 bits per heavy atom. The molecule has 0 saturated heterocycles. The molecule has 5 heteroatoms. The van der Waals surface area contributed by atoms with Crippen LogP contribution in [0.15, 0.2) is 0 Å². The molecule has 1 atom stereocenters. The van der Waals surface area contributed by atoms with Crippen molar-refractivity contribution in [2.24, 2.45) is 0 Å². The van der Waals surface area contributed by atoms with Gasteiger partial charge in [0.2, 0.25) is 0 Å². The minimum Gasteiger partial charge on any atom is -0.481 e. The first-order chi connectivity index (χ1) is 5.60. The summed E-state index contributed by atoms with van der Waals surface area (Å²) in [7, 11) is 0. The molecule has 4 N–H and O–H groups in total. The van der Waals surface area contributed by atoms with Gasteiger partial charge in [-0.1, -0.05) is 0 Å². The van der Waals surface area contributed by atoms with Gasteiger partial charge < -0.3 is 20.6 Å². The summed E-state index contributed by atoms with van der Waals surface area (Å²) in [5.74, 6) is -0.898. The van der Waals surface area contributed by atoms with Crippen LogP contribution in [-0.2, 0) is 4.79 Å². The number of nitrogens with one attached hydrogen (secondary N) is 1. The maximum absolute atomic E-state index is 10.2. The molecule has 0 amide bonds. The molecule has 0 rings (SSSR count). The minimum atomic E-state index is -0.898. The Morgan fingerprint density at radius 2 is 1.92 bits per heavy atom. The maximum Gasteiger partial charge on any atom is 0.304 e. The van der Waals surface area contributed by atoms with Gasteiger partial charge in [0.05, 0.1) is 25.7 Å². The molecule has 0 bridgehead atoms. The first-order valence-electron chi connectivity index (χ1n) is 3.79. The number of carboxylic acids is 1. The van der Waals surface area contributed by atoms with Gasteiger partial charge in [-0.15, -0.1) is 0 Å². The van der Waals surface area contributed by atoms with Gasteiger partial charge in [-0.05, 0) is 6.92 Å². The fourth-order valence-corrected chi connectivity index (χ4v) is 0.886. The average molecular weight is 177 g/mol. The summed E-state index contributed by atoms with van der Waals surface area (Å²) in [4.78, 5) is 10.2. The van der Waals surface area contributed by atoms with Crippen LogP contribution < -0.4 is 5.32 Å². The van der Waals surface area contributed by atoms with Gasteiger partial charge in [0.1, 0.15) is 0 Å². The molecule has 72 valence electrons. The zero-order valence-electron chi connectivity index (χ0n) is 7.03. The fourth-order valence-electron chi connectivity index (χ4n) is 0.886. The lowest BCUT2D eigenvalue weighted by atomic mass is 10.2. The summed E-state index contributed by atoms with van der Waals surface area (Å²) in [6, 6.07) is -0.675. The number of aliphatic hydroxyl groups excluding tert-OH is 2. The summed E-state index contributed by atoms with van der Waals surface area (Å²) in [5, 5.41) is 28.4. The van der Waals surface area contributed by atoms with E-state index in [0.717, 1.165) is 0 Å². The Labute approximate surface area is 71.0 Å². The molecule has 0 aromatic rings. The lowest BCUT2D eigenvalue weighted by Crippen LogP contribution is -2.42. The molecule has 1 unspecified atom stereocenters. The van der Waals surface area contributed by atoms with Crippen molar-refractivity contribution in [3.63, 3.8) is 0 Å². The molecule has 0 saturated carbocycles. The molecule has 0 aliphatic rings. The number of carbonyl (C=O) groups is 1. The molecule has 0 spiro atoms. The standard InChI is InChI=1S/C7H15NO4/c1-5(2-7(11)12)8-6(3-9)4-10/h5-6,8-10H,2-4H2,1H3,(H,11,12). The van der Waals surface area contributed by atoms with Crippen LogP contribution in [0.5, 0.6) is 0 Å².